The van der Waals surface area contributed by atoms with Crippen molar-refractivity contribution in [2.45, 2.75) is 37.6 Å². The Kier molecular flexibility index (Phi) is 5.66. The molecule has 0 aliphatic carbocycles. The molecule has 1 aromatic rings. The van der Waals surface area contributed by atoms with Crippen molar-refractivity contribution < 1.29 is 26.7 Å². The van der Waals surface area contributed by atoms with Gasteiger partial charge in [-0.05, 0) is 12.8 Å². The molecule has 2 N–H and O–H groups in total. The van der Waals surface area contributed by atoms with Gasteiger partial charge in [0.05, 0.1) is 24.3 Å². The number of rotatable bonds is 5. The summed E-state index contributed by atoms with van der Waals surface area (Å²) in [5.74, 6) is 0.215. The predicted octanol–water partition coefficient (Wildman–Crippen LogP) is 1.30. The number of sulfonamides is 1. The molecule has 1 fully saturated rings. The smallest absolute Gasteiger partial charge is 0.378 e. The van der Waals surface area contributed by atoms with E-state index in [-0.39, 0.29) is 18.4 Å². The molecule has 2 rings (SSSR count). The molecule has 0 spiro atoms. The van der Waals surface area contributed by atoms with Crippen LogP contribution in [0.1, 0.15) is 31.1 Å². The van der Waals surface area contributed by atoms with Gasteiger partial charge in [-0.1, -0.05) is 6.42 Å². The molecule has 0 amide bonds. The van der Waals surface area contributed by atoms with E-state index in [0.717, 1.165) is 31.5 Å². The van der Waals surface area contributed by atoms with Crippen LogP contribution in [-0.2, 0) is 10.0 Å². The van der Waals surface area contributed by atoms with E-state index in [4.69, 9.17) is 5.11 Å². The Morgan fingerprint density at radius 1 is 1.38 bits per heavy atom. The zero-order valence-electron chi connectivity index (χ0n) is 13.0. The summed E-state index contributed by atoms with van der Waals surface area (Å²) >= 11 is 0. The second-order valence-electron chi connectivity index (χ2n) is 5.67. The molecule has 24 heavy (non-hydrogen) atoms. The van der Waals surface area contributed by atoms with Crippen molar-refractivity contribution in [3.05, 3.63) is 18.1 Å². The summed E-state index contributed by atoms with van der Waals surface area (Å²) in [5, 5.41) is 12.0. The second kappa shape index (κ2) is 7.19. The minimum absolute atomic E-state index is 0.215. The molecule has 7 nitrogen and oxygen atoms in total. The van der Waals surface area contributed by atoms with Gasteiger partial charge in [0.2, 0.25) is 10.0 Å². The normalized spacial score (nSPS) is 21.5. The molecule has 0 bridgehead atoms. The van der Waals surface area contributed by atoms with Gasteiger partial charge in [0.1, 0.15) is 5.82 Å². The Morgan fingerprint density at radius 3 is 2.62 bits per heavy atom. The number of aliphatic hydroxyl groups excluding tert-OH is 1. The van der Waals surface area contributed by atoms with E-state index in [0.29, 0.717) is 13.0 Å². The van der Waals surface area contributed by atoms with Gasteiger partial charge in [0.15, 0.2) is 6.10 Å². The van der Waals surface area contributed by atoms with Crippen molar-refractivity contribution in [3.63, 3.8) is 0 Å². The fourth-order valence-corrected chi connectivity index (χ4v) is 3.76. The Labute approximate surface area is 138 Å². The average Bonchev–Trinajstić information content (AvgIpc) is 2.51. The average molecular weight is 368 g/mol. The Bertz CT molecular complexity index is 651. The second-order valence-corrected chi connectivity index (χ2v) is 7.61. The first-order chi connectivity index (χ1) is 11.1. The third kappa shape index (κ3) is 4.77. The van der Waals surface area contributed by atoms with Gasteiger partial charge in [-0.2, -0.15) is 17.5 Å². The van der Waals surface area contributed by atoms with Crippen LogP contribution in [0, 0.1) is 0 Å². The van der Waals surface area contributed by atoms with Gasteiger partial charge in [0.25, 0.3) is 0 Å². The van der Waals surface area contributed by atoms with Gasteiger partial charge in [-0.3, -0.25) is 4.98 Å². The lowest BCUT2D eigenvalue weighted by molar-refractivity contribution is -0.208. The largest absolute Gasteiger partial charge is 0.420 e. The zero-order chi connectivity index (χ0) is 18.0. The maximum absolute atomic E-state index is 12.4. The van der Waals surface area contributed by atoms with E-state index in [1.807, 2.05) is 0 Å². The number of aliphatic hydroxyl groups is 1. The van der Waals surface area contributed by atoms with Gasteiger partial charge < -0.3 is 10.4 Å². The highest BCUT2D eigenvalue weighted by atomic mass is 32.2. The molecule has 1 saturated heterocycles. The molecule has 1 aliphatic rings. The van der Waals surface area contributed by atoms with E-state index in [2.05, 4.69) is 15.3 Å². The number of nitrogens with one attached hydrogen (secondary N) is 1. The molecule has 2 heterocycles. The zero-order valence-corrected chi connectivity index (χ0v) is 13.8. The number of alkyl halides is 3. The summed E-state index contributed by atoms with van der Waals surface area (Å²) in [6.45, 7) is 0.733. The van der Waals surface area contributed by atoms with E-state index in [1.165, 1.54) is 4.31 Å². The van der Waals surface area contributed by atoms with E-state index in [1.54, 1.807) is 0 Å². The van der Waals surface area contributed by atoms with Crippen molar-refractivity contribution in [1.82, 2.24) is 14.3 Å². The molecule has 136 valence electrons. The molecule has 11 heteroatoms. The van der Waals surface area contributed by atoms with Crippen LogP contribution in [0.4, 0.5) is 19.0 Å². The van der Waals surface area contributed by atoms with Crippen LogP contribution in [0.15, 0.2) is 12.4 Å². The third-order valence-electron chi connectivity index (χ3n) is 3.78. The predicted molar refractivity (Wildman–Crippen MR) is 80.7 cm³/mol. The van der Waals surface area contributed by atoms with Crippen LogP contribution < -0.4 is 5.32 Å². The molecular weight excluding hydrogens is 349 g/mol. The van der Waals surface area contributed by atoms with Crippen LogP contribution in [0.2, 0.25) is 0 Å². The quantitative estimate of drug-likeness (QED) is 0.813. The van der Waals surface area contributed by atoms with Crippen molar-refractivity contribution in [2.75, 3.05) is 24.7 Å². The van der Waals surface area contributed by atoms with Gasteiger partial charge in [0, 0.05) is 19.1 Å². The molecule has 0 saturated carbocycles. The maximum Gasteiger partial charge on any atom is 0.420 e. The highest BCUT2D eigenvalue weighted by molar-refractivity contribution is 7.88. The lowest BCUT2D eigenvalue weighted by Gasteiger charge is -2.33. The van der Waals surface area contributed by atoms with Crippen LogP contribution >= 0.6 is 0 Å². The first-order valence-corrected chi connectivity index (χ1v) is 9.21. The Hall–Kier alpha value is -1.46. The fraction of sp³-hybridized carbons (Fsp3) is 0.692. The molecule has 0 radical (unpaired) electrons. The molecule has 0 aromatic carbocycles. The van der Waals surface area contributed by atoms with Gasteiger partial charge in [-0.25, -0.2) is 13.4 Å². The number of halogens is 3. The summed E-state index contributed by atoms with van der Waals surface area (Å²) in [4.78, 5) is 7.33. The van der Waals surface area contributed by atoms with Crippen LogP contribution in [0.25, 0.3) is 0 Å². The maximum atomic E-state index is 12.4. The monoisotopic (exact) mass is 368 g/mol. The lowest BCUT2D eigenvalue weighted by Crippen LogP contribution is -2.46. The molecular formula is C13H19F3N4O3S. The first-order valence-electron chi connectivity index (χ1n) is 7.36. The van der Waals surface area contributed by atoms with E-state index < -0.39 is 28.0 Å². The number of hydrogen-bond donors (Lipinski definition) is 2. The van der Waals surface area contributed by atoms with Gasteiger partial charge in [-0.15, -0.1) is 0 Å². The fourth-order valence-electron chi connectivity index (χ4n) is 2.58. The Morgan fingerprint density at radius 2 is 2.08 bits per heavy atom. The Balaban J connectivity index is 1.99. The molecule has 2 atom stereocenters. The van der Waals surface area contributed by atoms with E-state index in [9.17, 15) is 21.6 Å². The number of piperidine rings is 1. The lowest BCUT2D eigenvalue weighted by atomic mass is 10.1. The minimum Gasteiger partial charge on any atom is -0.378 e. The van der Waals surface area contributed by atoms with E-state index >= 15 is 0 Å². The first kappa shape index (κ1) is 18.9. The topological polar surface area (TPSA) is 95.4 Å². The number of nitrogens with zero attached hydrogens (tertiary/aromatic N) is 3. The molecule has 1 aromatic heterocycles. The van der Waals surface area contributed by atoms with Crippen molar-refractivity contribution in [3.8, 4) is 0 Å². The summed E-state index contributed by atoms with van der Waals surface area (Å²) < 4.78 is 62.1. The number of aromatic nitrogens is 2. The van der Waals surface area contributed by atoms with Crippen LogP contribution in [-0.4, -0.2) is 59.4 Å². The van der Waals surface area contributed by atoms with Crippen molar-refractivity contribution in [1.29, 1.82) is 0 Å². The standard InChI is InChI=1S/C13H19F3N4O3S/c1-24(22,23)20-5-3-2-4-9(20)6-18-11-8-17-10(7-19-11)12(21)13(14,15)16/h7-9,12,21H,2-6H2,1H3,(H,18,19). The molecule has 1 aliphatic heterocycles. The van der Waals surface area contributed by atoms with Crippen LogP contribution in [0.5, 0.6) is 0 Å². The summed E-state index contributed by atoms with van der Waals surface area (Å²) in [5.41, 5.74) is -0.594. The SMILES string of the molecule is CS(=O)(=O)N1CCCCC1CNc1cnc(C(O)C(F)(F)F)cn1. The third-order valence-corrected chi connectivity index (χ3v) is 5.11. The summed E-state index contributed by atoms with van der Waals surface area (Å²) in [6, 6.07) is -0.240. The van der Waals surface area contributed by atoms with Crippen LogP contribution in [0.3, 0.4) is 0 Å². The van der Waals surface area contributed by atoms with Crippen molar-refractivity contribution in [2.24, 2.45) is 0 Å². The number of hydrogen-bond acceptors (Lipinski definition) is 6. The summed E-state index contributed by atoms with van der Waals surface area (Å²) in [6.07, 6.45) is -2.02. The highest BCUT2D eigenvalue weighted by Crippen LogP contribution is 2.31. The van der Waals surface area contributed by atoms with Gasteiger partial charge >= 0.3 is 6.18 Å². The highest BCUT2D eigenvalue weighted by Gasteiger charge is 2.40. The van der Waals surface area contributed by atoms with Crippen molar-refractivity contribution >= 4 is 15.8 Å². The summed E-state index contributed by atoms with van der Waals surface area (Å²) in [7, 11) is -3.31. The number of anilines is 1. The minimum atomic E-state index is -4.80. The molecule has 2 unspecified atom stereocenters.